The van der Waals surface area contributed by atoms with Crippen LogP contribution >= 0.6 is 0 Å². The Bertz CT molecular complexity index is 626. The maximum absolute atomic E-state index is 12.4. The first kappa shape index (κ1) is 19.8. The van der Waals surface area contributed by atoms with E-state index in [0.717, 1.165) is 38.4 Å². The maximum Gasteiger partial charge on any atom is 0.410 e. The number of fused-ring (bicyclic) bond motifs is 2. The van der Waals surface area contributed by atoms with E-state index in [9.17, 15) is 4.79 Å². The van der Waals surface area contributed by atoms with Gasteiger partial charge in [0.15, 0.2) is 5.96 Å². The summed E-state index contributed by atoms with van der Waals surface area (Å²) < 4.78 is 11.6. The zero-order chi connectivity index (χ0) is 19.9. The van der Waals surface area contributed by atoms with Crippen LogP contribution in [0.1, 0.15) is 59.3 Å². The minimum absolute atomic E-state index is 0.195. The third-order valence-electron chi connectivity index (χ3n) is 6.97. The molecular weight excluding hydrogens is 356 g/mol. The van der Waals surface area contributed by atoms with Gasteiger partial charge in [0.1, 0.15) is 5.60 Å². The van der Waals surface area contributed by atoms with Gasteiger partial charge < -0.3 is 25.0 Å². The van der Waals surface area contributed by atoms with Crippen molar-refractivity contribution in [1.82, 2.24) is 15.5 Å². The zero-order valence-corrected chi connectivity index (χ0v) is 17.8. The Morgan fingerprint density at radius 2 is 2.00 bits per heavy atom. The largest absolute Gasteiger partial charge is 0.444 e. The molecule has 2 heterocycles. The summed E-state index contributed by atoms with van der Waals surface area (Å²) >= 11 is 0. The van der Waals surface area contributed by atoms with Crippen LogP contribution in [0, 0.1) is 11.3 Å². The Morgan fingerprint density at radius 3 is 2.64 bits per heavy atom. The summed E-state index contributed by atoms with van der Waals surface area (Å²) in [6, 6.07) is 0.658. The van der Waals surface area contributed by atoms with Crippen molar-refractivity contribution in [2.24, 2.45) is 16.3 Å². The second-order valence-electron chi connectivity index (χ2n) is 9.93. The predicted octanol–water partition coefficient (Wildman–Crippen LogP) is 2.51. The van der Waals surface area contributed by atoms with Crippen LogP contribution in [0.5, 0.6) is 0 Å². The van der Waals surface area contributed by atoms with Crippen LogP contribution in [0.25, 0.3) is 0 Å². The van der Waals surface area contributed by atoms with Crippen molar-refractivity contribution in [1.29, 1.82) is 0 Å². The van der Waals surface area contributed by atoms with Crippen LogP contribution in [0.2, 0.25) is 0 Å². The molecule has 1 amide bonds. The molecule has 0 aromatic rings. The van der Waals surface area contributed by atoms with Crippen molar-refractivity contribution < 1.29 is 14.3 Å². The minimum atomic E-state index is -0.462. The topological polar surface area (TPSA) is 75.2 Å². The van der Waals surface area contributed by atoms with E-state index in [4.69, 9.17) is 9.47 Å². The monoisotopic (exact) mass is 392 g/mol. The Labute approximate surface area is 168 Å². The standard InChI is InChI=1S/C21H36N4O3/c1-20(2,3)28-19(26)25-11-5-7-14(13-25)23-18(22-4)24-16-15-8-12-27-17(15)21(16)9-6-10-21/h14-17H,5-13H2,1-4H3,(H2,22,23,24). The van der Waals surface area contributed by atoms with E-state index in [1.165, 1.54) is 19.3 Å². The van der Waals surface area contributed by atoms with Crippen molar-refractivity contribution in [2.75, 3.05) is 26.7 Å². The number of hydrogen-bond donors (Lipinski definition) is 2. The molecule has 28 heavy (non-hydrogen) atoms. The fourth-order valence-electron chi connectivity index (χ4n) is 5.55. The highest BCUT2D eigenvalue weighted by Crippen LogP contribution is 2.62. The first-order chi connectivity index (χ1) is 13.3. The summed E-state index contributed by atoms with van der Waals surface area (Å²) in [5.74, 6) is 1.47. The van der Waals surface area contributed by atoms with Crippen molar-refractivity contribution >= 4 is 12.1 Å². The number of nitrogens with one attached hydrogen (secondary N) is 2. The van der Waals surface area contributed by atoms with E-state index in [0.29, 0.717) is 30.0 Å². The molecule has 2 N–H and O–H groups in total. The molecule has 2 saturated carbocycles. The summed E-state index contributed by atoms with van der Waals surface area (Å²) in [4.78, 5) is 18.7. The van der Waals surface area contributed by atoms with Gasteiger partial charge >= 0.3 is 6.09 Å². The molecule has 7 heteroatoms. The van der Waals surface area contributed by atoms with Crippen LogP contribution in [0.3, 0.4) is 0 Å². The lowest BCUT2D eigenvalue weighted by Crippen LogP contribution is -2.73. The number of piperidine rings is 1. The molecule has 0 bridgehead atoms. The molecule has 0 aromatic carbocycles. The first-order valence-electron chi connectivity index (χ1n) is 10.9. The highest BCUT2D eigenvalue weighted by atomic mass is 16.6. The van der Waals surface area contributed by atoms with Gasteiger partial charge in [-0.1, -0.05) is 6.42 Å². The van der Waals surface area contributed by atoms with Gasteiger partial charge in [-0.3, -0.25) is 4.99 Å². The first-order valence-corrected chi connectivity index (χ1v) is 10.9. The molecule has 0 aromatic heterocycles. The van der Waals surface area contributed by atoms with Crippen LogP contribution in [-0.4, -0.2) is 67.5 Å². The molecule has 4 aliphatic rings. The third kappa shape index (κ3) is 3.58. The summed E-state index contributed by atoms with van der Waals surface area (Å²) in [5, 5.41) is 7.29. The number of aliphatic imine (C=N–C) groups is 1. The number of rotatable bonds is 2. The number of hydrogen-bond acceptors (Lipinski definition) is 4. The Hall–Kier alpha value is -1.50. The number of ether oxygens (including phenoxy) is 2. The third-order valence-corrected chi connectivity index (χ3v) is 6.97. The van der Waals surface area contributed by atoms with E-state index >= 15 is 0 Å². The van der Waals surface area contributed by atoms with E-state index < -0.39 is 5.60 Å². The molecule has 4 rings (SSSR count). The summed E-state index contributed by atoms with van der Waals surface area (Å²) in [6.07, 6.45) is 7.22. The van der Waals surface area contributed by atoms with E-state index in [1.54, 1.807) is 0 Å². The number of likely N-dealkylation sites (tertiary alicyclic amines) is 1. The van der Waals surface area contributed by atoms with Crippen LogP contribution in [0.4, 0.5) is 4.79 Å². The Kier molecular flexibility index (Phi) is 5.23. The van der Waals surface area contributed by atoms with Crippen LogP contribution in [0.15, 0.2) is 4.99 Å². The molecular formula is C21H36N4O3. The molecule has 2 aliphatic carbocycles. The summed E-state index contributed by atoms with van der Waals surface area (Å²) in [6.45, 7) is 8.03. The van der Waals surface area contributed by atoms with Crippen molar-refractivity contribution in [3.8, 4) is 0 Å². The smallest absolute Gasteiger partial charge is 0.410 e. The van der Waals surface area contributed by atoms with Gasteiger partial charge in [-0.05, 0) is 52.9 Å². The van der Waals surface area contributed by atoms with Crippen LogP contribution in [-0.2, 0) is 9.47 Å². The zero-order valence-electron chi connectivity index (χ0n) is 17.8. The fraction of sp³-hybridized carbons (Fsp3) is 0.905. The second-order valence-corrected chi connectivity index (χ2v) is 9.93. The SMILES string of the molecule is CN=C(NC1CCCN(C(=O)OC(C)(C)C)C1)NC1C2CCOC2C12CCC2. The van der Waals surface area contributed by atoms with Gasteiger partial charge in [0.05, 0.1) is 6.10 Å². The number of amides is 1. The molecule has 1 spiro atoms. The molecule has 2 saturated heterocycles. The minimum Gasteiger partial charge on any atom is -0.444 e. The molecule has 4 fully saturated rings. The van der Waals surface area contributed by atoms with Gasteiger partial charge in [-0.2, -0.15) is 0 Å². The molecule has 7 nitrogen and oxygen atoms in total. The Balaban J connectivity index is 1.33. The van der Waals surface area contributed by atoms with Gasteiger partial charge in [-0.25, -0.2) is 4.79 Å². The average Bonchev–Trinajstić information content (AvgIpc) is 3.01. The summed E-state index contributed by atoms with van der Waals surface area (Å²) in [7, 11) is 1.83. The number of carbonyl (C=O) groups is 1. The number of carbonyl (C=O) groups excluding carboxylic acids is 1. The lowest BCUT2D eigenvalue weighted by atomic mass is 9.46. The Morgan fingerprint density at radius 1 is 1.21 bits per heavy atom. The van der Waals surface area contributed by atoms with Crippen molar-refractivity contribution in [3.05, 3.63) is 0 Å². The predicted molar refractivity (Wildman–Crippen MR) is 108 cm³/mol. The fourth-order valence-corrected chi connectivity index (χ4v) is 5.55. The molecule has 158 valence electrons. The van der Waals surface area contributed by atoms with E-state index in [1.807, 2.05) is 32.7 Å². The van der Waals surface area contributed by atoms with Gasteiger partial charge in [-0.15, -0.1) is 0 Å². The number of guanidine groups is 1. The lowest BCUT2D eigenvalue weighted by molar-refractivity contribution is -0.171. The average molecular weight is 393 g/mol. The second kappa shape index (κ2) is 7.39. The van der Waals surface area contributed by atoms with Gasteiger partial charge in [0.25, 0.3) is 0 Å². The molecule has 4 unspecified atom stereocenters. The van der Waals surface area contributed by atoms with Crippen molar-refractivity contribution in [2.45, 2.75) is 83.1 Å². The highest BCUT2D eigenvalue weighted by molar-refractivity contribution is 5.81. The lowest BCUT2D eigenvalue weighted by Gasteiger charge is -2.63. The highest BCUT2D eigenvalue weighted by Gasteiger charge is 2.66. The molecule has 4 atom stereocenters. The van der Waals surface area contributed by atoms with Gasteiger partial charge in [0, 0.05) is 50.2 Å². The van der Waals surface area contributed by atoms with Gasteiger partial charge in [0.2, 0.25) is 0 Å². The maximum atomic E-state index is 12.4. The van der Waals surface area contributed by atoms with E-state index in [-0.39, 0.29) is 12.1 Å². The normalized spacial score (nSPS) is 34.3. The number of nitrogens with zero attached hydrogens (tertiary/aromatic N) is 2. The quantitative estimate of drug-likeness (QED) is 0.558. The summed E-state index contributed by atoms with van der Waals surface area (Å²) in [5.41, 5.74) is -0.135. The van der Waals surface area contributed by atoms with Crippen molar-refractivity contribution in [3.63, 3.8) is 0 Å². The molecule has 2 aliphatic heterocycles. The molecule has 0 radical (unpaired) electrons. The van der Waals surface area contributed by atoms with E-state index in [2.05, 4.69) is 15.6 Å². The van der Waals surface area contributed by atoms with Crippen LogP contribution < -0.4 is 10.6 Å².